The number of ether oxygens (including phenoxy) is 2. The third kappa shape index (κ3) is 5.08. The normalized spacial score (nSPS) is 14.9. The summed E-state index contributed by atoms with van der Waals surface area (Å²) in [6.07, 6.45) is 0. The lowest BCUT2D eigenvalue weighted by atomic mass is 9.80. The number of rotatable bonds is 8. The summed E-state index contributed by atoms with van der Waals surface area (Å²) in [5.41, 5.74) is 2.62. The van der Waals surface area contributed by atoms with Gasteiger partial charge in [0.2, 0.25) is 0 Å². The Balaban J connectivity index is 2.29. The molecule has 0 fully saturated rings. The minimum absolute atomic E-state index is 0.0803. The van der Waals surface area contributed by atoms with Gasteiger partial charge in [0.1, 0.15) is 0 Å². The number of sulfonamides is 1. The van der Waals surface area contributed by atoms with Crippen LogP contribution in [-0.4, -0.2) is 50.0 Å². The van der Waals surface area contributed by atoms with Crippen molar-refractivity contribution in [3.8, 4) is 0 Å². The number of benzene rings is 2. The Bertz CT molecular complexity index is 1260. The molecule has 9 heteroatoms. The van der Waals surface area contributed by atoms with Gasteiger partial charge in [-0.15, -0.1) is 4.41 Å². The average molecular weight is 513 g/mol. The second-order valence-electron chi connectivity index (χ2n) is 8.35. The van der Waals surface area contributed by atoms with Crippen LogP contribution in [0, 0.1) is 6.92 Å². The van der Waals surface area contributed by atoms with E-state index in [1.54, 1.807) is 39.8 Å². The predicted molar refractivity (Wildman–Crippen MR) is 136 cm³/mol. The molecule has 0 unspecified atom stereocenters. The van der Waals surface area contributed by atoms with Gasteiger partial charge in [-0.3, -0.25) is 5.01 Å². The standard InChI is InChI=1S/C27H32N2O6S/c1-7-34-26(30)23-19(4)29(28(6)36(32,33)22-16-14-18(3)15-17-22)20(5)24(27(31)35-8-2)25(23)21-12-10-9-11-13-21/h9-17,25H,7-8H2,1-6H3. The number of carbonyl (C=O) groups excluding carboxylic acids is 2. The monoisotopic (exact) mass is 512 g/mol. The number of nitrogens with zero attached hydrogens (tertiary/aromatic N) is 2. The molecular formula is C27H32N2O6S. The predicted octanol–water partition coefficient (Wildman–Crippen LogP) is 4.30. The van der Waals surface area contributed by atoms with Gasteiger partial charge in [-0.1, -0.05) is 48.0 Å². The minimum Gasteiger partial charge on any atom is -0.463 e. The highest BCUT2D eigenvalue weighted by molar-refractivity contribution is 7.89. The van der Waals surface area contributed by atoms with Gasteiger partial charge in [0.05, 0.1) is 35.2 Å². The van der Waals surface area contributed by atoms with Crippen LogP contribution in [0.2, 0.25) is 0 Å². The summed E-state index contributed by atoms with van der Waals surface area (Å²) < 4.78 is 39.0. The Labute approximate surface area is 212 Å². The molecule has 0 bridgehead atoms. The number of aryl methyl sites for hydroxylation is 1. The van der Waals surface area contributed by atoms with Crippen molar-refractivity contribution in [3.05, 3.63) is 88.3 Å². The fraction of sp³-hybridized carbons (Fsp3) is 0.333. The molecule has 192 valence electrons. The Morgan fingerprint density at radius 2 is 1.31 bits per heavy atom. The third-order valence-corrected chi connectivity index (χ3v) is 7.79. The van der Waals surface area contributed by atoms with Crippen LogP contribution in [0.3, 0.4) is 0 Å². The average Bonchev–Trinajstić information content (AvgIpc) is 2.84. The topological polar surface area (TPSA) is 93.2 Å². The highest BCUT2D eigenvalue weighted by Crippen LogP contribution is 2.44. The third-order valence-electron chi connectivity index (χ3n) is 6.06. The van der Waals surface area contributed by atoms with Crippen molar-refractivity contribution in [1.82, 2.24) is 9.42 Å². The Hall–Kier alpha value is -3.43. The second-order valence-corrected chi connectivity index (χ2v) is 10.3. The lowest BCUT2D eigenvalue weighted by Gasteiger charge is -2.41. The maximum atomic E-state index is 13.6. The molecule has 1 aliphatic heterocycles. The van der Waals surface area contributed by atoms with Crippen molar-refractivity contribution in [2.45, 2.75) is 45.4 Å². The van der Waals surface area contributed by atoms with E-state index in [9.17, 15) is 18.0 Å². The van der Waals surface area contributed by atoms with Crippen LogP contribution >= 0.6 is 0 Å². The fourth-order valence-electron chi connectivity index (χ4n) is 4.36. The van der Waals surface area contributed by atoms with Gasteiger partial charge in [-0.2, -0.15) is 0 Å². The summed E-state index contributed by atoms with van der Waals surface area (Å²) in [5, 5.41) is 1.37. The van der Waals surface area contributed by atoms with Crippen molar-refractivity contribution in [2.24, 2.45) is 0 Å². The van der Waals surface area contributed by atoms with Crippen molar-refractivity contribution in [3.63, 3.8) is 0 Å². The van der Waals surface area contributed by atoms with E-state index in [4.69, 9.17) is 9.47 Å². The molecule has 0 radical (unpaired) electrons. The van der Waals surface area contributed by atoms with Gasteiger partial charge in [0.25, 0.3) is 10.0 Å². The summed E-state index contributed by atoms with van der Waals surface area (Å²) in [6.45, 7) is 8.77. The van der Waals surface area contributed by atoms with Crippen LogP contribution in [0.4, 0.5) is 0 Å². The molecule has 1 heterocycles. The maximum absolute atomic E-state index is 13.6. The molecular weight excluding hydrogens is 480 g/mol. The van der Waals surface area contributed by atoms with Crippen molar-refractivity contribution in [1.29, 1.82) is 0 Å². The van der Waals surface area contributed by atoms with E-state index in [1.807, 2.05) is 37.3 Å². The maximum Gasteiger partial charge on any atom is 0.336 e. The number of hydrogen-bond acceptors (Lipinski definition) is 7. The van der Waals surface area contributed by atoms with Crippen molar-refractivity contribution < 1.29 is 27.5 Å². The van der Waals surface area contributed by atoms with E-state index in [1.165, 1.54) is 24.2 Å². The Morgan fingerprint density at radius 3 is 1.75 bits per heavy atom. The molecule has 0 amide bonds. The molecule has 0 saturated heterocycles. The van der Waals surface area contributed by atoms with Crippen LogP contribution in [0.5, 0.6) is 0 Å². The Kier molecular flexibility index (Phi) is 8.37. The molecule has 2 aromatic carbocycles. The van der Waals surface area contributed by atoms with Gasteiger partial charge < -0.3 is 9.47 Å². The van der Waals surface area contributed by atoms with Crippen LogP contribution in [0.25, 0.3) is 0 Å². The van der Waals surface area contributed by atoms with Gasteiger partial charge in [-0.05, 0) is 52.3 Å². The quantitative estimate of drug-likeness (QED) is 0.487. The van der Waals surface area contributed by atoms with Crippen molar-refractivity contribution in [2.75, 3.05) is 20.3 Å². The molecule has 0 aliphatic carbocycles. The first-order chi connectivity index (χ1) is 17.1. The van der Waals surface area contributed by atoms with Crippen LogP contribution in [-0.2, 0) is 29.1 Å². The lowest BCUT2D eigenvalue weighted by Crippen LogP contribution is -2.46. The number of allylic oxidation sites excluding steroid dienone is 2. The van der Waals surface area contributed by atoms with E-state index in [0.717, 1.165) is 9.98 Å². The highest BCUT2D eigenvalue weighted by Gasteiger charge is 2.43. The molecule has 0 saturated carbocycles. The first kappa shape index (κ1) is 27.2. The summed E-state index contributed by atoms with van der Waals surface area (Å²) in [5.74, 6) is -2.07. The largest absolute Gasteiger partial charge is 0.463 e. The zero-order valence-corrected chi connectivity index (χ0v) is 22.3. The molecule has 0 atom stereocenters. The zero-order valence-electron chi connectivity index (χ0n) is 21.4. The zero-order chi connectivity index (χ0) is 26.6. The first-order valence-corrected chi connectivity index (χ1v) is 13.2. The number of hydrazine groups is 1. The summed E-state index contributed by atoms with van der Waals surface area (Å²) in [6, 6.07) is 15.5. The van der Waals surface area contributed by atoms with E-state index in [2.05, 4.69) is 0 Å². The first-order valence-electron chi connectivity index (χ1n) is 11.7. The molecule has 2 aromatic rings. The molecule has 0 aromatic heterocycles. The van der Waals surface area contributed by atoms with Gasteiger partial charge in [-0.25, -0.2) is 18.0 Å². The van der Waals surface area contributed by atoms with E-state index >= 15 is 0 Å². The Morgan fingerprint density at radius 1 is 0.833 bits per heavy atom. The number of hydrogen-bond donors (Lipinski definition) is 0. The molecule has 0 N–H and O–H groups in total. The minimum atomic E-state index is -4.04. The summed E-state index contributed by atoms with van der Waals surface area (Å²) in [7, 11) is -2.65. The molecule has 1 aliphatic rings. The summed E-state index contributed by atoms with van der Waals surface area (Å²) >= 11 is 0. The van der Waals surface area contributed by atoms with Crippen LogP contribution in [0.1, 0.15) is 44.7 Å². The van der Waals surface area contributed by atoms with E-state index in [-0.39, 0.29) is 29.3 Å². The lowest BCUT2D eigenvalue weighted by molar-refractivity contribution is -0.140. The highest BCUT2D eigenvalue weighted by atomic mass is 32.2. The molecule has 36 heavy (non-hydrogen) atoms. The number of esters is 2. The second kappa shape index (κ2) is 11.1. The molecule has 0 spiro atoms. The number of carbonyl (C=O) groups is 2. The van der Waals surface area contributed by atoms with Crippen molar-refractivity contribution >= 4 is 22.0 Å². The van der Waals surface area contributed by atoms with Gasteiger partial charge in [0.15, 0.2) is 0 Å². The van der Waals surface area contributed by atoms with Gasteiger partial charge >= 0.3 is 11.9 Å². The van der Waals surface area contributed by atoms with Crippen LogP contribution < -0.4 is 0 Å². The molecule has 3 rings (SSSR count). The summed E-state index contributed by atoms with van der Waals surface area (Å²) in [4.78, 5) is 26.7. The SMILES string of the molecule is CCOC(=O)C1=C(C)N(N(C)S(=O)(=O)c2ccc(C)cc2)C(C)=C(C(=O)OCC)C1c1ccccc1. The fourth-order valence-corrected chi connectivity index (χ4v) is 5.61. The molecule has 8 nitrogen and oxygen atoms in total. The van der Waals surface area contributed by atoms with E-state index in [0.29, 0.717) is 17.0 Å². The smallest absolute Gasteiger partial charge is 0.336 e. The van der Waals surface area contributed by atoms with E-state index < -0.39 is 27.9 Å². The van der Waals surface area contributed by atoms with Crippen LogP contribution in [0.15, 0.2) is 82.0 Å². The van der Waals surface area contributed by atoms with Gasteiger partial charge in [0, 0.05) is 18.4 Å².